The zero-order valence-electron chi connectivity index (χ0n) is 11.2. The molecule has 0 heterocycles. The Bertz CT molecular complexity index is 235. The summed E-state index contributed by atoms with van der Waals surface area (Å²) in [7, 11) is 0. The molecule has 0 atom stereocenters. The fraction of sp³-hybridized carbons (Fsp3) is 1.00. The highest BCUT2D eigenvalue weighted by Gasteiger charge is 2.51. The zero-order valence-corrected chi connectivity index (χ0v) is 11.2. The highest BCUT2D eigenvalue weighted by atomic mass is 16.3. The van der Waals surface area contributed by atoms with E-state index in [2.05, 4.69) is 6.92 Å². The number of aliphatic hydroxyl groups is 2. The molecule has 2 saturated carbocycles. The molecule has 0 amide bonds. The molecule has 2 N–H and O–H groups in total. The third kappa shape index (κ3) is 2.39. The first-order chi connectivity index (χ1) is 8.16. The average molecular weight is 240 g/mol. The maximum absolute atomic E-state index is 11.0. The van der Waals surface area contributed by atoms with Crippen LogP contribution in [0.15, 0.2) is 0 Å². The van der Waals surface area contributed by atoms with Gasteiger partial charge in [-0.1, -0.05) is 32.6 Å². The van der Waals surface area contributed by atoms with Gasteiger partial charge in [0.25, 0.3) is 0 Å². The van der Waals surface area contributed by atoms with Crippen LogP contribution in [0.2, 0.25) is 0 Å². The molecule has 0 aromatic rings. The summed E-state index contributed by atoms with van der Waals surface area (Å²) in [5.41, 5.74) is -0.752. The van der Waals surface area contributed by atoms with Crippen molar-refractivity contribution in [1.82, 2.24) is 0 Å². The van der Waals surface area contributed by atoms with Crippen molar-refractivity contribution >= 4 is 0 Å². The van der Waals surface area contributed by atoms with E-state index < -0.39 is 5.60 Å². The lowest BCUT2D eigenvalue weighted by molar-refractivity contribution is -0.151. The van der Waals surface area contributed by atoms with Gasteiger partial charge in [-0.25, -0.2) is 0 Å². The summed E-state index contributed by atoms with van der Waals surface area (Å²) >= 11 is 0. The molecule has 2 fully saturated rings. The van der Waals surface area contributed by atoms with Crippen molar-refractivity contribution in [2.45, 2.75) is 76.7 Å². The van der Waals surface area contributed by atoms with Crippen LogP contribution in [-0.4, -0.2) is 22.4 Å². The first-order valence-electron chi connectivity index (χ1n) is 7.49. The summed E-state index contributed by atoms with van der Waals surface area (Å²) in [5, 5.41) is 20.8. The maximum Gasteiger partial charge on any atom is 0.0725 e. The van der Waals surface area contributed by atoms with Gasteiger partial charge in [-0.2, -0.15) is 0 Å². The van der Waals surface area contributed by atoms with Gasteiger partial charge in [0, 0.05) is 5.41 Å². The first kappa shape index (κ1) is 13.4. The van der Waals surface area contributed by atoms with E-state index in [4.69, 9.17) is 0 Å². The number of aliphatic hydroxyl groups excluding tert-OH is 1. The summed E-state index contributed by atoms with van der Waals surface area (Å²) in [6.45, 7) is 2.43. The Morgan fingerprint density at radius 3 is 2.06 bits per heavy atom. The Hall–Kier alpha value is -0.0800. The van der Waals surface area contributed by atoms with Crippen molar-refractivity contribution < 1.29 is 10.2 Å². The van der Waals surface area contributed by atoms with Gasteiger partial charge in [0.05, 0.1) is 12.2 Å². The van der Waals surface area contributed by atoms with Gasteiger partial charge in [0.2, 0.25) is 0 Å². The third-order valence-electron chi connectivity index (χ3n) is 5.61. The topological polar surface area (TPSA) is 40.5 Å². The number of rotatable bonds is 3. The van der Waals surface area contributed by atoms with E-state index in [0.29, 0.717) is 0 Å². The molecule has 2 aliphatic carbocycles. The molecule has 2 rings (SSSR count). The van der Waals surface area contributed by atoms with Gasteiger partial charge >= 0.3 is 0 Å². The second-order valence-corrected chi connectivity index (χ2v) is 6.38. The third-order valence-corrected chi connectivity index (χ3v) is 5.61. The van der Waals surface area contributed by atoms with E-state index in [1.807, 2.05) is 0 Å². The lowest BCUT2D eigenvalue weighted by Gasteiger charge is -2.51. The minimum absolute atomic E-state index is 0.177. The van der Waals surface area contributed by atoms with Crippen LogP contribution in [0.3, 0.4) is 0 Å². The smallest absolute Gasteiger partial charge is 0.0725 e. The van der Waals surface area contributed by atoms with Crippen molar-refractivity contribution in [3.8, 4) is 0 Å². The summed E-state index contributed by atoms with van der Waals surface area (Å²) in [5.74, 6) is 0.801. The van der Waals surface area contributed by atoms with Crippen LogP contribution in [0.5, 0.6) is 0 Å². The van der Waals surface area contributed by atoms with Gasteiger partial charge in [-0.05, 0) is 44.4 Å². The minimum Gasteiger partial charge on any atom is -0.396 e. The first-order valence-corrected chi connectivity index (χ1v) is 7.49. The van der Waals surface area contributed by atoms with Gasteiger partial charge in [0.15, 0.2) is 0 Å². The molecule has 0 aliphatic heterocycles. The SMILES string of the molecule is CCC1CCC(O)(C2(CO)CCCCC2)CC1. The maximum atomic E-state index is 11.0. The highest BCUT2D eigenvalue weighted by molar-refractivity contribution is 5.02. The molecule has 100 valence electrons. The van der Waals surface area contributed by atoms with Crippen molar-refractivity contribution in [1.29, 1.82) is 0 Å². The van der Waals surface area contributed by atoms with Crippen LogP contribution < -0.4 is 0 Å². The fourth-order valence-corrected chi connectivity index (χ4v) is 4.09. The minimum atomic E-state index is -0.576. The number of hydrogen-bond acceptors (Lipinski definition) is 2. The van der Waals surface area contributed by atoms with Crippen LogP contribution in [-0.2, 0) is 0 Å². The lowest BCUT2D eigenvalue weighted by atomic mass is 9.58. The van der Waals surface area contributed by atoms with Crippen LogP contribution in [0.25, 0.3) is 0 Å². The predicted molar refractivity (Wildman–Crippen MR) is 69.8 cm³/mol. The molecular formula is C15H28O2. The standard InChI is InChI=1S/C15H28O2/c1-2-13-6-10-15(17,11-7-13)14(12-16)8-4-3-5-9-14/h13,16-17H,2-12H2,1H3. The van der Waals surface area contributed by atoms with E-state index in [-0.39, 0.29) is 12.0 Å². The molecule has 0 spiro atoms. The van der Waals surface area contributed by atoms with Crippen LogP contribution >= 0.6 is 0 Å². The summed E-state index contributed by atoms with van der Waals surface area (Å²) < 4.78 is 0. The van der Waals surface area contributed by atoms with Crippen molar-refractivity contribution in [3.63, 3.8) is 0 Å². The van der Waals surface area contributed by atoms with Crippen LogP contribution in [0, 0.1) is 11.3 Å². The molecule has 0 unspecified atom stereocenters. The largest absolute Gasteiger partial charge is 0.396 e. The quantitative estimate of drug-likeness (QED) is 0.795. The molecule has 0 bridgehead atoms. The van der Waals surface area contributed by atoms with Crippen molar-refractivity contribution in [2.75, 3.05) is 6.61 Å². The van der Waals surface area contributed by atoms with E-state index in [9.17, 15) is 10.2 Å². The molecule has 2 heteroatoms. The summed E-state index contributed by atoms with van der Waals surface area (Å²) in [6, 6.07) is 0. The number of hydrogen-bond donors (Lipinski definition) is 2. The van der Waals surface area contributed by atoms with E-state index >= 15 is 0 Å². The molecular weight excluding hydrogens is 212 g/mol. The van der Waals surface area contributed by atoms with Gasteiger partial charge < -0.3 is 10.2 Å². The Morgan fingerprint density at radius 2 is 1.59 bits per heavy atom. The second kappa shape index (κ2) is 5.27. The molecule has 0 saturated heterocycles. The second-order valence-electron chi connectivity index (χ2n) is 6.38. The van der Waals surface area contributed by atoms with E-state index in [1.165, 1.54) is 25.7 Å². The van der Waals surface area contributed by atoms with Crippen LogP contribution in [0.1, 0.15) is 71.1 Å². The van der Waals surface area contributed by atoms with E-state index in [1.54, 1.807) is 0 Å². The van der Waals surface area contributed by atoms with Crippen molar-refractivity contribution in [2.24, 2.45) is 11.3 Å². The molecule has 0 radical (unpaired) electrons. The Kier molecular flexibility index (Phi) is 4.14. The predicted octanol–water partition coefficient (Wildman–Crippen LogP) is 3.26. The monoisotopic (exact) mass is 240 g/mol. The molecule has 2 nitrogen and oxygen atoms in total. The Morgan fingerprint density at radius 1 is 1.00 bits per heavy atom. The average Bonchev–Trinajstić information content (AvgIpc) is 2.40. The van der Waals surface area contributed by atoms with E-state index in [0.717, 1.165) is 44.4 Å². The van der Waals surface area contributed by atoms with Crippen LogP contribution in [0.4, 0.5) is 0 Å². The highest BCUT2D eigenvalue weighted by Crippen LogP contribution is 2.51. The fourth-order valence-electron chi connectivity index (χ4n) is 4.09. The molecule has 17 heavy (non-hydrogen) atoms. The van der Waals surface area contributed by atoms with Gasteiger partial charge in [0.1, 0.15) is 0 Å². The molecule has 2 aliphatic rings. The van der Waals surface area contributed by atoms with Gasteiger partial charge in [-0.3, -0.25) is 0 Å². The van der Waals surface area contributed by atoms with Gasteiger partial charge in [-0.15, -0.1) is 0 Å². The summed E-state index contributed by atoms with van der Waals surface area (Å²) in [4.78, 5) is 0. The van der Waals surface area contributed by atoms with Crippen molar-refractivity contribution in [3.05, 3.63) is 0 Å². The molecule has 0 aromatic heterocycles. The molecule has 0 aromatic carbocycles. The summed E-state index contributed by atoms with van der Waals surface area (Å²) in [6.07, 6.45) is 11.0. The Balaban J connectivity index is 2.08. The Labute approximate surface area is 105 Å². The normalized spacial score (nSPS) is 37.9. The zero-order chi connectivity index (χ0) is 12.4. The lowest BCUT2D eigenvalue weighted by Crippen LogP contribution is -2.53.